The predicted octanol–water partition coefficient (Wildman–Crippen LogP) is 4.82. The highest BCUT2D eigenvalue weighted by Crippen LogP contribution is 2.35. The van der Waals surface area contributed by atoms with Gasteiger partial charge in [0.25, 0.3) is 0 Å². The molecule has 116 valence electrons. The minimum absolute atomic E-state index is 0.248. The molecule has 0 atom stereocenters. The van der Waals surface area contributed by atoms with Crippen LogP contribution in [0.1, 0.15) is 15.9 Å². The average molecular weight is 346 g/mol. The first-order valence-electron chi connectivity index (χ1n) is 6.94. The van der Waals surface area contributed by atoms with Gasteiger partial charge in [-0.3, -0.25) is 4.79 Å². The summed E-state index contributed by atoms with van der Waals surface area (Å²) < 4.78 is 5.78. The van der Waals surface area contributed by atoms with Crippen molar-refractivity contribution in [3.8, 4) is 5.75 Å². The molecule has 0 radical (unpaired) electrons. The second-order valence-corrected chi connectivity index (χ2v) is 5.87. The Morgan fingerprint density at radius 1 is 1.00 bits per heavy atom. The van der Waals surface area contributed by atoms with E-state index in [1.807, 2.05) is 42.5 Å². The van der Waals surface area contributed by atoms with Crippen molar-refractivity contribution in [2.75, 3.05) is 0 Å². The van der Waals surface area contributed by atoms with Crippen molar-refractivity contribution in [3.63, 3.8) is 0 Å². The maximum atomic E-state index is 11.2. The Kier molecular flexibility index (Phi) is 4.42. The van der Waals surface area contributed by atoms with Crippen LogP contribution in [0.3, 0.4) is 0 Å². The summed E-state index contributed by atoms with van der Waals surface area (Å²) in [5.74, 6) is -0.249. The summed E-state index contributed by atoms with van der Waals surface area (Å²) in [5.41, 5.74) is 6.50. The molecule has 0 saturated heterocycles. The SMILES string of the molecule is NC(=O)c1cc(Cl)c(OCc2cccc3ccccc23)c(Cl)c1. The molecular weight excluding hydrogens is 333 g/mol. The van der Waals surface area contributed by atoms with Crippen molar-refractivity contribution in [1.82, 2.24) is 0 Å². The number of halogens is 2. The van der Waals surface area contributed by atoms with Gasteiger partial charge in [0.2, 0.25) is 5.91 Å². The van der Waals surface area contributed by atoms with E-state index >= 15 is 0 Å². The smallest absolute Gasteiger partial charge is 0.248 e. The highest BCUT2D eigenvalue weighted by atomic mass is 35.5. The van der Waals surface area contributed by atoms with E-state index < -0.39 is 5.91 Å². The largest absolute Gasteiger partial charge is 0.486 e. The lowest BCUT2D eigenvalue weighted by molar-refractivity contribution is 0.1000. The quantitative estimate of drug-likeness (QED) is 0.736. The molecular formula is C18H13Cl2NO2. The van der Waals surface area contributed by atoms with Crippen molar-refractivity contribution >= 4 is 39.9 Å². The van der Waals surface area contributed by atoms with Gasteiger partial charge < -0.3 is 10.5 Å². The third-order valence-corrected chi connectivity index (χ3v) is 4.10. The Morgan fingerprint density at radius 3 is 2.35 bits per heavy atom. The predicted molar refractivity (Wildman–Crippen MR) is 93.3 cm³/mol. The fourth-order valence-corrected chi connectivity index (χ4v) is 3.00. The van der Waals surface area contributed by atoms with E-state index in [-0.39, 0.29) is 15.6 Å². The van der Waals surface area contributed by atoms with Gasteiger partial charge in [0.05, 0.1) is 10.0 Å². The van der Waals surface area contributed by atoms with Gasteiger partial charge in [0, 0.05) is 5.56 Å². The molecule has 0 fully saturated rings. The minimum atomic E-state index is -0.589. The number of carbonyl (C=O) groups is 1. The second-order valence-electron chi connectivity index (χ2n) is 5.06. The van der Waals surface area contributed by atoms with Gasteiger partial charge in [0.15, 0.2) is 5.75 Å². The number of nitrogens with two attached hydrogens (primary N) is 1. The van der Waals surface area contributed by atoms with E-state index in [1.165, 1.54) is 12.1 Å². The molecule has 5 heteroatoms. The number of rotatable bonds is 4. The second kappa shape index (κ2) is 6.49. The van der Waals surface area contributed by atoms with Crippen molar-refractivity contribution in [2.24, 2.45) is 5.73 Å². The van der Waals surface area contributed by atoms with Crippen LogP contribution in [0.15, 0.2) is 54.6 Å². The van der Waals surface area contributed by atoms with Crippen LogP contribution in [-0.2, 0) is 6.61 Å². The van der Waals surface area contributed by atoms with E-state index in [9.17, 15) is 4.79 Å². The first-order chi connectivity index (χ1) is 11.1. The van der Waals surface area contributed by atoms with Crippen LogP contribution < -0.4 is 10.5 Å². The molecule has 23 heavy (non-hydrogen) atoms. The van der Waals surface area contributed by atoms with E-state index in [1.54, 1.807) is 0 Å². The molecule has 3 aromatic carbocycles. The number of fused-ring (bicyclic) bond motifs is 1. The lowest BCUT2D eigenvalue weighted by Crippen LogP contribution is -2.11. The molecule has 0 spiro atoms. The minimum Gasteiger partial charge on any atom is -0.486 e. The number of hydrogen-bond acceptors (Lipinski definition) is 2. The first kappa shape index (κ1) is 15.7. The van der Waals surface area contributed by atoms with Gasteiger partial charge in [-0.2, -0.15) is 0 Å². The van der Waals surface area contributed by atoms with Gasteiger partial charge in [-0.25, -0.2) is 0 Å². The number of carbonyl (C=O) groups excluding carboxylic acids is 1. The average Bonchev–Trinajstić information content (AvgIpc) is 2.54. The molecule has 3 aromatic rings. The van der Waals surface area contributed by atoms with Crippen LogP contribution in [0.2, 0.25) is 10.0 Å². The van der Waals surface area contributed by atoms with Crippen LogP contribution in [0, 0.1) is 0 Å². The number of hydrogen-bond donors (Lipinski definition) is 1. The fraction of sp³-hybridized carbons (Fsp3) is 0.0556. The van der Waals surface area contributed by atoms with Crippen LogP contribution in [0.4, 0.5) is 0 Å². The van der Waals surface area contributed by atoms with Crippen molar-refractivity contribution in [3.05, 3.63) is 75.8 Å². The summed E-state index contributed by atoms with van der Waals surface area (Å²) in [6.07, 6.45) is 0. The third kappa shape index (κ3) is 3.26. The number of benzene rings is 3. The molecule has 0 aliphatic rings. The summed E-state index contributed by atoms with van der Waals surface area (Å²) in [7, 11) is 0. The maximum absolute atomic E-state index is 11.2. The monoisotopic (exact) mass is 345 g/mol. The van der Waals surface area contributed by atoms with Crippen LogP contribution >= 0.6 is 23.2 Å². The lowest BCUT2D eigenvalue weighted by Gasteiger charge is -2.12. The van der Waals surface area contributed by atoms with Gasteiger partial charge in [-0.15, -0.1) is 0 Å². The van der Waals surface area contributed by atoms with E-state index in [0.29, 0.717) is 12.4 Å². The fourth-order valence-electron chi connectivity index (χ4n) is 2.41. The molecule has 3 nitrogen and oxygen atoms in total. The molecule has 0 unspecified atom stereocenters. The van der Waals surface area contributed by atoms with Crippen molar-refractivity contribution < 1.29 is 9.53 Å². The zero-order chi connectivity index (χ0) is 16.4. The molecule has 0 aliphatic carbocycles. The Bertz CT molecular complexity index is 865. The van der Waals surface area contributed by atoms with Gasteiger partial charge >= 0.3 is 0 Å². The van der Waals surface area contributed by atoms with Crippen LogP contribution in [0.25, 0.3) is 10.8 Å². The third-order valence-electron chi connectivity index (χ3n) is 3.53. The zero-order valence-electron chi connectivity index (χ0n) is 12.1. The summed E-state index contributed by atoms with van der Waals surface area (Å²) >= 11 is 12.3. The van der Waals surface area contributed by atoms with Crippen molar-refractivity contribution in [2.45, 2.75) is 6.61 Å². The number of ether oxygens (including phenoxy) is 1. The molecule has 0 saturated carbocycles. The molecule has 0 bridgehead atoms. The first-order valence-corrected chi connectivity index (χ1v) is 7.70. The Labute approximate surface area is 143 Å². The van der Waals surface area contributed by atoms with E-state index in [4.69, 9.17) is 33.7 Å². The topological polar surface area (TPSA) is 52.3 Å². The Balaban J connectivity index is 1.90. The summed E-state index contributed by atoms with van der Waals surface area (Å²) in [6.45, 7) is 0.316. The van der Waals surface area contributed by atoms with Gasteiger partial charge in [0.1, 0.15) is 6.61 Å². The molecule has 0 heterocycles. The standard InChI is InChI=1S/C18H13Cl2NO2/c19-15-8-13(18(21)22)9-16(20)17(15)23-10-12-6-3-5-11-4-1-2-7-14(11)12/h1-9H,10H2,(H2,21,22). The van der Waals surface area contributed by atoms with Gasteiger partial charge in [-0.1, -0.05) is 65.7 Å². The normalized spacial score (nSPS) is 10.7. The molecule has 0 aliphatic heterocycles. The maximum Gasteiger partial charge on any atom is 0.248 e. The highest BCUT2D eigenvalue weighted by Gasteiger charge is 2.13. The molecule has 0 aromatic heterocycles. The molecule has 1 amide bonds. The van der Waals surface area contributed by atoms with Crippen LogP contribution in [-0.4, -0.2) is 5.91 Å². The highest BCUT2D eigenvalue weighted by molar-refractivity contribution is 6.37. The molecule has 2 N–H and O–H groups in total. The van der Waals surface area contributed by atoms with Crippen molar-refractivity contribution in [1.29, 1.82) is 0 Å². The summed E-state index contributed by atoms with van der Waals surface area (Å²) in [5, 5.41) is 2.75. The van der Waals surface area contributed by atoms with Gasteiger partial charge in [-0.05, 0) is 28.5 Å². The Morgan fingerprint density at radius 2 is 1.65 bits per heavy atom. The number of amides is 1. The van der Waals surface area contributed by atoms with E-state index in [2.05, 4.69) is 0 Å². The zero-order valence-corrected chi connectivity index (χ0v) is 13.6. The summed E-state index contributed by atoms with van der Waals surface area (Å²) in [6, 6.07) is 17.0. The number of primary amides is 1. The molecule has 3 rings (SSSR count). The Hall–Kier alpha value is -2.23. The lowest BCUT2D eigenvalue weighted by atomic mass is 10.1. The summed E-state index contributed by atoms with van der Waals surface area (Å²) in [4.78, 5) is 11.2. The van der Waals surface area contributed by atoms with E-state index in [0.717, 1.165) is 16.3 Å². The van der Waals surface area contributed by atoms with Crippen LogP contribution in [0.5, 0.6) is 5.75 Å².